The summed E-state index contributed by atoms with van der Waals surface area (Å²) in [7, 11) is 0. The Kier molecular flexibility index (Phi) is 3.81. The van der Waals surface area contributed by atoms with Crippen molar-refractivity contribution in [2.24, 2.45) is 0 Å². The molecule has 0 amide bonds. The highest BCUT2D eigenvalue weighted by molar-refractivity contribution is 7.21. The molecule has 5 heteroatoms. The second-order valence-corrected chi connectivity index (χ2v) is 11.4. The Hall–Kier alpha value is -2.66. The lowest BCUT2D eigenvalue weighted by molar-refractivity contribution is -0.325. The maximum Gasteiger partial charge on any atom is 0.351 e. The van der Waals surface area contributed by atoms with Gasteiger partial charge in [-0.2, -0.15) is 4.98 Å². The van der Waals surface area contributed by atoms with E-state index < -0.39 is 0 Å². The van der Waals surface area contributed by atoms with E-state index in [0.717, 1.165) is 52.1 Å². The average Bonchev–Trinajstić information content (AvgIpc) is 3.15. The third kappa shape index (κ3) is 2.72. The number of benzene rings is 2. The summed E-state index contributed by atoms with van der Waals surface area (Å²) in [6.07, 6.45) is 2.20. The minimum absolute atomic E-state index is 0.0330. The van der Waals surface area contributed by atoms with Crippen LogP contribution >= 0.6 is 11.3 Å². The minimum atomic E-state index is -0.269. The van der Waals surface area contributed by atoms with Crippen LogP contribution in [0.3, 0.4) is 0 Å². The molecule has 158 valence electrons. The van der Waals surface area contributed by atoms with Gasteiger partial charge in [0.25, 0.3) is 5.01 Å². The van der Waals surface area contributed by atoms with Gasteiger partial charge in [-0.1, -0.05) is 51.2 Å². The average molecular weight is 432 g/mol. The summed E-state index contributed by atoms with van der Waals surface area (Å²) in [6, 6.07) is 12.5. The number of thiazole rings is 1. The maximum absolute atomic E-state index is 13.2. The van der Waals surface area contributed by atoms with Gasteiger partial charge in [0.1, 0.15) is 15.8 Å². The molecule has 4 aromatic rings. The molecule has 0 spiro atoms. The third-order valence-corrected chi connectivity index (χ3v) is 8.43. The zero-order valence-corrected chi connectivity index (χ0v) is 19.3. The van der Waals surface area contributed by atoms with Crippen LogP contribution in [-0.4, -0.2) is 13.1 Å². The summed E-state index contributed by atoms with van der Waals surface area (Å²) in [4.78, 5) is 19.1. The van der Waals surface area contributed by atoms with E-state index in [9.17, 15) is 4.79 Å². The van der Waals surface area contributed by atoms with Gasteiger partial charge in [0, 0.05) is 35.8 Å². The first-order chi connectivity index (χ1) is 14.7. The zero-order chi connectivity index (χ0) is 21.5. The fraction of sp³-hybridized carbons (Fsp3) is 0.385. The van der Waals surface area contributed by atoms with Gasteiger partial charge in [0.15, 0.2) is 0 Å². The minimum Gasteiger partial charge on any atom is -0.422 e. The van der Waals surface area contributed by atoms with Crippen LogP contribution in [0.2, 0.25) is 0 Å². The molecule has 0 radical (unpaired) electrons. The van der Waals surface area contributed by atoms with Crippen molar-refractivity contribution in [1.82, 2.24) is 0 Å². The largest absolute Gasteiger partial charge is 0.422 e. The number of rotatable bonds is 1. The van der Waals surface area contributed by atoms with Crippen LogP contribution in [0.15, 0.2) is 45.6 Å². The van der Waals surface area contributed by atoms with Crippen molar-refractivity contribution in [3.63, 3.8) is 0 Å². The van der Waals surface area contributed by atoms with Crippen LogP contribution < -0.4 is 15.5 Å². The van der Waals surface area contributed by atoms with E-state index in [2.05, 4.69) is 49.7 Å². The Morgan fingerprint density at radius 2 is 1.77 bits per heavy atom. The van der Waals surface area contributed by atoms with Gasteiger partial charge in [0.2, 0.25) is 5.52 Å². The molecule has 0 unspecified atom stereocenters. The quantitative estimate of drug-likeness (QED) is 0.366. The number of aromatic amines is 1. The number of hydrogen-bond donors (Lipinski definition) is 0. The van der Waals surface area contributed by atoms with Gasteiger partial charge < -0.3 is 9.32 Å². The highest BCUT2D eigenvalue weighted by Gasteiger charge is 2.42. The molecule has 0 aliphatic carbocycles. The number of nitrogens with one attached hydrogen (secondary N) is 1. The number of hydrogen-bond acceptors (Lipinski definition) is 4. The topological polar surface area (TPSA) is 47.6 Å². The van der Waals surface area contributed by atoms with Crippen molar-refractivity contribution in [3.05, 3.63) is 57.9 Å². The molecule has 2 aliphatic rings. The second-order valence-electron chi connectivity index (χ2n) is 10.3. The molecule has 6 rings (SSSR count). The molecule has 4 heterocycles. The first kappa shape index (κ1) is 19.1. The highest BCUT2D eigenvalue weighted by atomic mass is 32.1. The molecule has 0 saturated carbocycles. The number of fused-ring (bicyclic) bond motifs is 3. The Labute approximate surface area is 185 Å². The summed E-state index contributed by atoms with van der Waals surface area (Å²) in [5.41, 5.74) is 6.12. The van der Waals surface area contributed by atoms with Crippen molar-refractivity contribution in [2.45, 2.75) is 51.4 Å². The van der Waals surface area contributed by atoms with Crippen molar-refractivity contribution < 1.29 is 9.40 Å². The smallest absolute Gasteiger partial charge is 0.351 e. The predicted molar refractivity (Wildman–Crippen MR) is 127 cm³/mol. The summed E-state index contributed by atoms with van der Waals surface area (Å²) in [6.45, 7) is 11.4. The lowest BCUT2D eigenvalue weighted by Crippen LogP contribution is -2.44. The van der Waals surface area contributed by atoms with E-state index in [1.807, 2.05) is 24.3 Å². The van der Waals surface area contributed by atoms with Gasteiger partial charge >= 0.3 is 5.63 Å². The van der Waals surface area contributed by atoms with Crippen LogP contribution in [0.25, 0.3) is 31.8 Å². The molecule has 0 bridgehead atoms. The number of para-hydroxylation sites is 1. The fourth-order valence-electron chi connectivity index (χ4n) is 5.35. The zero-order valence-electron chi connectivity index (χ0n) is 18.5. The number of nitrogens with zero attached hydrogens (tertiary/aromatic N) is 1. The van der Waals surface area contributed by atoms with E-state index >= 15 is 0 Å². The van der Waals surface area contributed by atoms with Gasteiger partial charge in [-0.25, -0.2) is 4.79 Å². The van der Waals surface area contributed by atoms with E-state index in [1.165, 1.54) is 16.8 Å². The highest BCUT2D eigenvalue weighted by Crippen LogP contribution is 2.51. The summed E-state index contributed by atoms with van der Waals surface area (Å²) >= 11 is 1.60. The lowest BCUT2D eigenvalue weighted by Gasteiger charge is -2.48. The molecule has 2 aliphatic heterocycles. The predicted octanol–water partition coefficient (Wildman–Crippen LogP) is 5.66. The van der Waals surface area contributed by atoms with Gasteiger partial charge in [-0.05, 0) is 47.4 Å². The molecule has 1 N–H and O–H groups in total. The second kappa shape index (κ2) is 6.19. The molecular formula is C26H27N2O2S+. The van der Waals surface area contributed by atoms with Crippen molar-refractivity contribution >= 4 is 38.2 Å². The van der Waals surface area contributed by atoms with Gasteiger partial charge in [-0.15, -0.1) is 0 Å². The Morgan fingerprint density at radius 3 is 2.55 bits per heavy atom. The summed E-state index contributed by atoms with van der Waals surface area (Å²) in [5, 5.41) is 1.88. The molecule has 0 fully saturated rings. The van der Waals surface area contributed by atoms with Gasteiger partial charge in [0.05, 0.1) is 0 Å². The fourth-order valence-corrected chi connectivity index (χ4v) is 6.36. The Balaban J connectivity index is 1.68. The molecule has 31 heavy (non-hydrogen) atoms. The Bertz CT molecular complexity index is 1390. The van der Waals surface area contributed by atoms with Crippen LogP contribution in [0.1, 0.15) is 51.7 Å². The van der Waals surface area contributed by atoms with Crippen molar-refractivity contribution in [3.8, 4) is 10.6 Å². The normalized spacial score (nSPS) is 19.0. The SMILES string of the molecule is CC1(C)CCN2CCC(C)(C)c3c2c1cc1cc(-c2[nH+]c4ccccc4s2)c(=O)oc31. The summed E-state index contributed by atoms with van der Waals surface area (Å²) < 4.78 is 7.26. The van der Waals surface area contributed by atoms with Crippen LogP contribution in [0, 0.1) is 0 Å². The Morgan fingerprint density at radius 1 is 1.03 bits per heavy atom. The van der Waals surface area contributed by atoms with Gasteiger partial charge in [-0.3, -0.25) is 0 Å². The molecule has 4 nitrogen and oxygen atoms in total. The van der Waals surface area contributed by atoms with E-state index in [0.29, 0.717) is 5.56 Å². The van der Waals surface area contributed by atoms with Crippen LogP contribution in [-0.2, 0) is 10.8 Å². The van der Waals surface area contributed by atoms with E-state index in [1.54, 1.807) is 11.3 Å². The van der Waals surface area contributed by atoms with E-state index in [4.69, 9.17) is 4.42 Å². The maximum atomic E-state index is 13.2. The first-order valence-corrected chi connectivity index (χ1v) is 11.9. The monoisotopic (exact) mass is 431 g/mol. The number of anilines is 1. The molecule has 2 aromatic heterocycles. The van der Waals surface area contributed by atoms with Crippen LogP contribution in [0.5, 0.6) is 0 Å². The van der Waals surface area contributed by atoms with E-state index in [-0.39, 0.29) is 16.5 Å². The van der Waals surface area contributed by atoms with Crippen LogP contribution in [0.4, 0.5) is 5.69 Å². The molecule has 0 saturated heterocycles. The summed E-state index contributed by atoms with van der Waals surface area (Å²) in [5.74, 6) is 0. The lowest BCUT2D eigenvalue weighted by atomic mass is 9.69. The standard InChI is InChI=1S/C26H26N2O2S/c1-25(2)9-11-28-12-10-26(3,4)20-21(28)17(25)14-15-13-16(24(29)30-22(15)20)23-27-18-7-5-6-8-19(18)31-23/h5-8,13-14H,9-12H2,1-4H3/p+1. The number of H-pyrrole nitrogens is 1. The molecular weight excluding hydrogens is 404 g/mol. The van der Waals surface area contributed by atoms with Crippen molar-refractivity contribution in [1.29, 1.82) is 0 Å². The first-order valence-electron chi connectivity index (χ1n) is 11.1. The molecule has 0 atom stereocenters. The molecule has 2 aromatic carbocycles. The number of aromatic nitrogens is 1. The third-order valence-electron chi connectivity index (χ3n) is 7.32. The van der Waals surface area contributed by atoms with Crippen molar-refractivity contribution in [2.75, 3.05) is 18.0 Å².